The quantitative estimate of drug-likeness (QED) is 0.426. The highest BCUT2D eigenvalue weighted by Crippen LogP contribution is 2.71. The third kappa shape index (κ3) is 5.03. The molecule has 3 fully saturated rings. The minimum Gasteiger partial charge on any atom is -0.366 e. The van der Waals surface area contributed by atoms with Crippen molar-refractivity contribution in [1.29, 1.82) is 5.26 Å². The fourth-order valence-electron chi connectivity index (χ4n) is 6.37. The van der Waals surface area contributed by atoms with Crippen LogP contribution in [-0.2, 0) is 21.4 Å². The molecule has 0 aromatic heterocycles. The van der Waals surface area contributed by atoms with Crippen LogP contribution in [0.15, 0.2) is 64.5 Å². The number of hydrogen-bond acceptors (Lipinski definition) is 6. The molecule has 1 heterocycles. The molecular formula is C29H31F3N4O3S. The predicted molar refractivity (Wildman–Crippen MR) is 143 cm³/mol. The Bertz CT molecular complexity index is 1460. The summed E-state index contributed by atoms with van der Waals surface area (Å²) in [4.78, 5) is 17.7. The second-order valence-corrected chi connectivity index (χ2v) is 13.7. The third-order valence-electron chi connectivity index (χ3n) is 8.34. The van der Waals surface area contributed by atoms with E-state index in [2.05, 4.69) is 16.4 Å². The maximum atomic E-state index is 13.9. The SMILES string of the molecule is CC1(C)NC(C23CC(N(Cc4ccc(C#N)cc4)S(=O)(=O)c4ccccc4)(C2)C3)=N[C@H]1C(=O)CCCC(F)(F)F. The standard InChI is InChI=1S/C29H31F3N4O3S/c1-26(2)24(23(37)9-6-14-29(30,31)32)34-25(35-26)27-17-28(18-27,19-27)36(16-21-12-10-20(15-33)11-13-21)40(38,39)22-7-4-3-5-8-22/h3-5,7-8,10-13,24H,6,9,14,16-19H2,1-2H3,(H,34,35)/t24-,27?,28?/m0/s1. The van der Waals surface area contributed by atoms with Crippen molar-refractivity contribution in [3.05, 3.63) is 65.7 Å². The van der Waals surface area contributed by atoms with Crippen molar-refractivity contribution in [1.82, 2.24) is 9.62 Å². The van der Waals surface area contributed by atoms with Crippen molar-refractivity contribution in [3.63, 3.8) is 0 Å². The number of benzene rings is 2. The molecule has 1 atom stereocenters. The van der Waals surface area contributed by atoms with E-state index in [1.807, 2.05) is 13.8 Å². The molecule has 4 aliphatic rings. The number of rotatable bonds is 10. The maximum absolute atomic E-state index is 13.9. The number of nitriles is 1. The highest BCUT2D eigenvalue weighted by atomic mass is 32.2. The molecule has 0 saturated heterocycles. The van der Waals surface area contributed by atoms with Gasteiger partial charge in [0, 0.05) is 30.3 Å². The molecule has 3 aliphatic carbocycles. The molecule has 40 heavy (non-hydrogen) atoms. The van der Waals surface area contributed by atoms with Gasteiger partial charge in [-0.3, -0.25) is 9.79 Å². The lowest BCUT2D eigenvalue weighted by molar-refractivity contribution is -0.151. The Morgan fingerprint density at radius 3 is 2.30 bits per heavy atom. The van der Waals surface area contributed by atoms with Gasteiger partial charge in [-0.25, -0.2) is 8.42 Å². The summed E-state index contributed by atoms with van der Waals surface area (Å²) in [6.45, 7) is 3.77. The van der Waals surface area contributed by atoms with Crippen LogP contribution in [0.4, 0.5) is 13.2 Å². The van der Waals surface area contributed by atoms with Gasteiger partial charge in [-0.05, 0) is 69.4 Å². The summed E-state index contributed by atoms with van der Waals surface area (Å²) in [5.74, 6) is 0.316. The number of alkyl halides is 3. The van der Waals surface area contributed by atoms with Crippen molar-refractivity contribution >= 4 is 21.6 Å². The summed E-state index contributed by atoms with van der Waals surface area (Å²) in [6.07, 6.45) is -4.20. The first-order valence-electron chi connectivity index (χ1n) is 13.2. The largest absolute Gasteiger partial charge is 0.389 e. The molecule has 212 valence electrons. The number of ketones is 1. The molecular weight excluding hydrogens is 541 g/mol. The molecule has 2 aromatic rings. The van der Waals surface area contributed by atoms with Crippen molar-refractivity contribution in [2.24, 2.45) is 10.4 Å². The summed E-state index contributed by atoms with van der Waals surface area (Å²) < 4.78 is 67.0. The Labute approximate surface area is 232 Å². The first-order valence-corrected chi connectivity index (χ1v) is 14.7. The van der Waals surface area contributed by atoms with Crippen LogP contribution < -0.4 is 5.32 Å². The molecule has 3 saturated carbocycles. The van der Waals surface area contributed by atoms with E-state index in [0.717, 1.165) is 5.56 Å². The zero-order valence-electron chi connectivity index (χ0n) is 22.3. The number of carbonyl (C=O) groups is 1. The van der Waals surface area contributed by atoms with E-state index >= 15 is 0 Å². The van der Waals surface area contributed by atoms with Crippen molar-refractivity contribution in [2.75, 3.05) is 0 Å². The molecule has 2 bridgehead atoms. The summed E-state index contributed by atoms with van der Waals surface area (Å²) in [5.41, 5.74) is -0.509. The molecule has 0 amide bonds. The van der Waals surface area contributed by atoms with E-state index in [1.165, 1.54) is 0 Å². The Balaban J connectivity index is 1.36. The van der Waals surface area contributed by atoms with Crippen molar-refractivity contribution in [2.45, 2.75) is 87.1 Å². The Hall–Kier alpha value is -3.23. The number of Topliss-reactive ketones (excluding diaryl/α,β-unsaturated/α-hetero) is 1. The van der Waals surface area contributed by atoms with E-state index < -0.39 is 45.2 Å². The lowest BCUT2D eigenvalue weighted by atomic mass is 9.38. The molecule has 11 heteroatoms. The smallest absolute Gasteiger partial charge is 0.366 e. The van der Waals surface area contributed by atoms with Crippen LogP contribution in [0.5, 0.6) is 0 Å². The molecule has 2 aromatic carbocycles. The molecule has 0 unspecified atom stereocenters. The highest BCUT2D eigenvalue weighted by molar-refractivity contribution is 7.89. The van der Waals surface area contributed by atoms with Gasteiger partial charge in [0.05, 0.1) is 22.1 Å². The number of nitrogens with one attached hydrogen (secondary N) is 1. The van der Waals surface area contributed by atoms with Gasteiger partial charge in [0.25, 0.3) is 0 Å². The Morgan fingerprint density at radius 2 is 1.73 bits per heavy atom. The summed E-state index contributed by atoms with van der Waals surface area (Å²) >= 11 is 0. The van der Waals surface area contributed by atoms with Gasteiger partial charge in [0.15, 0.2) is 5.78 Å². The number of sulfonamides is 1. The fraction of sp³-hybridized carbons (Fsp3) is 0.483. The fourth-order valence-corrected chi connectivity index (χ4v) is 8.15. The number of nitrogens with zero attached hydrogens (tertiary/aromatic N) is 3. The lowest BCUT2D eigenvalue weighted by Crippen LogP contribution is -2.78. The molecule has 1 N–H and O–H groups in total. The van der Waals surface area contributed by atoms with Crippen molar-refractivity contribution in [3.8, 4) is 6.07 Å². The average Bonchev–Trinajstić information content (AvgIpc) is 3.16. The molecule has 1 aliphatic heterocycles. The first-order chi connectivity index (χ1) is 18.7. The molecule has 0 radical (unpaired) electrons. The lowest BCUT2D eigenvalue weighted by Gasteiger charge is -2.73. The number of halogens is 3. The van der Waals surface area contributed by atoms with Gasteiger partial charge in [-0.15, -0.1) is 0 Å². The van der Waals surface area contributed by atoms with E-state index in [0.29, 0.717) is 30.7 Å². The number of aliphatic imine (C=N–C) groups is 1. The molecule has 6 rings (SSSR count). The highest BCUT2D eigenvalue weighted by Gasteiger charge is 2.75. The van der Waals surface area contributed by atoms with E-state index in [9.17, 15) is 26.4 Å². The van der Waals surface area contributed by atoms with Gasteiger partial charge >= 0.3 is 6.18 Å². The molecule has 0 spiro atoms. The zero-order valence-corrected chi connectivity index (χ0v) is 23.1. The van der Waals surface area contributed by atoms with E-state index in [1.54, 1.807) is 58.9 Å². The zero-order chi connectivity index (χ0) is 29.0. The maximum Gasteiger partial charge on any atom is 0.389 e. The number of carbonyl (C=O) groups excluding carboxylic acids is 1. The van der Waals surface area contributed by atoms with E-state index in [-0.39, 0.29) is 30.1 Å². The van der Waals surface area contributed by atoms with Gasteiger partial charge in [-0.2, -0.15) is 22.7 Å². The Morgan fingerprint density at radius 1 is 1.10 bits per heavy atom. The van der Waals surface area contributed by atoms with Crippen LogP contribution in [0.1, 0.15) is 63.5 Å². The summed E-state index contributed by atoms with van der Waals surface area (Å²) in [7, 11) is -3.85. The minimum atomic E-state index is -4.30. The van der Waals surface area contributed by atoms with Crippen LogP contribution in [0.2, 0.25) is 0 Å². The van der Waals surface area contributed by atoms with E-state index in [4.69, 9.17) is 5.26 Å². The first kappa shape index (κ1) is 28.3. The Kier molecular flexibility index (Phi) is 6.86. The van der Waals surface area contributed by atoms with Crippen LogP contribution in [-0.4, -0.2) is 47.6 Å². The normalized spacial score (nSPS) is 26.7. The molecule has 7 nitrogen and oxygen atoms in total. The van der Waals surface area contributed by atoms with Crippen LogP contribution in [0, 0.1) is 16.7 Å². The second kappa shape index (κ2) is 9.70. The van der Waals surface area contributed by atoms with Gasteiger partial charge in [-0.1, -0.05) is 30.3 Å². The van der Waals surface area contributed by atoms with Gasteiger partial charge in [0.2, 0.25) is 10.0 Å². The topological polar surface area (TPSA) is 103 Å². The van der Waals surface area contributed by atoms with Gasteiger partial charge < -0.3 is 5.32 Å². The van der Waals surface area contributed by atoms with Gasteiger partial charge in [0.1, 0.15) is 11.9 Å². The van der Waals surface area contributed by atoms with Crippen LogP contribution in [0.25, 0.3) is 0 Å². The predicted octanol–water partition coefficient (Wildman–Crippen LogP) is 5.12. The summed E-state index contributed by atoms with van der Waals surface area (Å²) in [6, 6.07) is 16.4. The second-order valence-electron chi connectivity index (χ2n) is 11.8. The number of amidine groups is 1. The average molecular weight is 573 g/mol. The summed E-state index contributed by atoms with van der Waals surface area (Å²) in [5, 5.41) is 12.5. The van der Waals surface area contributed by atoms with Crippen LogP contribution >= 0.6 is 0 Å². The monoisotopic (exact) mass is 572 g/mol. The number of hydrogen-bond donors (Lipinski definition) is 1. The minimum absolute atomic E-state index is 0.144. The van der Waals surface area contributed by atoms with Crippen LogP contribution in [0.3, 0.4) is 0 Å². The van der Waals surface area contributed by atoms with Crippen molar-refractivity contribution < 1.29 is 26.4 Å². The third-order valence-corrected chi connectivity index (χ3v) is 10.3.